The van der Waals surface area contributed by atoms with E-state index in [9.17, 15) is 5.26 Å². The molecule has 56 heavy (non-hydrogen) atoms. The predicted molar refractivity (Wildman–Crippen MR) is 233 cm³/mol. The molecule has 10 rings (SSSR count). The number of para-hydroxylation sites is 2. The van der Waals surface area contributed by atoms with Gasteiger partial charge in [-0.05, 0) is 111 Å². The summed E-state index contributed by atoms with van der Waals surface area (Å²) in [5.74, 6) is 0. The zero-order chi connectivity index (χ0) is 38.1. The van der Waals surface area contributed by atoms with Crippen LogP contribution in [0.4, 0.5) is 0 Å². The van der Waals surface area contributed by atoms with Crippen molar-refractivity contribution in [3.63, 3.8) is 0 Å². The van der Waals surface area contributed by atoms with Gasteiger partial charge in [-0.15, -0.1) is 0 Å². The Morgan fingerprint density at radius 1 is 0.429 bits per heavy atom. The number of pyridine rings is 1. The van der Waals surface area contributed by atoms with Crippen molar-refractivity contribution in [2.45, 2.75) is 27.7 Å². The van der Waals surface area contributed by atoms with Crippen molar-refractivity contribution in [2.75, 3.05) is 0 Å². The van der Waals surface area contributed by atoms with E-state index in [1.807, 2.05) is 24.4 Å². The fourth-order valence-corrected chi connectivity index (χ4v) is 8.95. The van der Waals surface area contributed by atoms with Gasteiger partial charge in [0.2, 0.25) is 0 Å². The number of nitriles is 1. The van der Waals surface area contributed by atoms with Gasteiger partial charge in [0.05, 0.1) is 50.8 Å². The average molecular weight is 719 g/mol. The number of aryl methyl sites for hydroxylation is 4. The highest BCUT2D eigenvalue weighted by Crippen LogP contribution is 2.42. The molecule has 266 valence electrons. The maximum absolute atomic E-state index is 10.8. The molecule has 0 aliphatic rings. The fourth-order valence-electron chi connectivity index (χ4n) is 8.95. The Balaban J connectivity index is 1.23. The lowest BCUT2D eigenvalue weighted by Gasteiger charge is -2.18. The van der Waals surface area contributed by atoms with Gasteiger partial charge in [-0.1, -0.05) is 113 Å². The number of hydrogen-bond acceptors (Lipinski definition) is 2. The molecule has 3 aromatic heterocycles. The lowest BCUT2D eigenvalue weighted by Crippen LogP contribution is -2.04. The zero-order valence-corrected chi connectivity index (χ0v) is 31.8. The molecule has 10 aromatic rings. The lowest BCUT2D eigenvalue weighted by molar-refractivity contribution is 1.12. The third kappa shape index (κ3) is 5.32. The lowest BCUT2D eigenvalue weighted by atomic mass is 9.99. The van der Waals surface area contributed by atoms with Gasteiger partial charge in [0.15, 0.2) is 0 Å². The maximum atomic E-state index is 10.8. The van der Waals surface area contributed by atoms with Crippen LogP contribution in [-0.4, -0.2) is 14.1 Å². The molecule has 7 aromatic carbocycles. The van der Waals surface area contributed by atoms with Gasteiger partial charge in [-0.25, -0.2) is 0 Å². The van der Waals surface area contributed by atoms with E-state index in [0.29, 0.717) is 5.56 Å². The molecule has 0 unspecified atom stereocenters. The second-order valence-corrected chi connectivity index (χ2v) is 15.1. The molecule has 0 saturated heterocycles. The monoisotopic (exact) mass is 718 g/mol. The summed E-state index contributed by atoms with van der Waals surface area (Å²) in [5.41, 5.74) is 18.0. The van der Waals surface area contributed by atoms with E-state index in [2.05, 4.69) is 176 Å². The van der Waals surface area contributed by atoms with Crippen LogP contribution >= 0.6 is 0 Å². The zero-order valence-electron chi connectivity index (χ0n) is 31.8. The summed E-state index contributed by atoms with van der Waals surface area (Å²) in [6, 6.07) is 56.8. The normalized spacial score (nSPS) is 11.6. The minimum absolute atomic E-state index is 0.568. The third-order valence-electron chi connectivity index (χ3n) is 11.1. The second-order valence-electron chi connectivity index (χ2n) is 15.1. The van der Waals surface area contributed by atoms with E-state index < -0.39 is 0 Å². The van der Waals surface area contributed by atoms with Gasteiger partial charge in [0.1, 0.15) is 0 Å². The smallest absolute Gasteiger partial charge is 0.0999 e. The first-order valence-corrected chi connectivity index (χ1v) is 19.1. The minimum atomic E-state index is 0.568. The topological polar surface area (TPSA) is 46.5 Å². The molecule has 0 fully saturated rings. The first-order valence-electron chi connectivity index (χ1n) is 19.1. The highest BCUT2D eigenvalue weighted by molar-refractivity contribution is 6.12. The Bertz CT molecular complexity index is 3220. The SMILES string of the molecule is Cc1cc(C)cc(-c2ccc3c(c2)c2ccccc2n3-c2cccnc2-c2c(C#N)cccc2-n2c3ccccc3c3cc(-c4cc(C)cc(C)c4)ccc32)c1. The molecule has 0 bridgehead atoms. The van der Waals surface area contributed by atoms with Crippen LogP contribution in [0.15, 0.2) is 158 Å². The number of hydrogen-bond donors (Lipinski definition) is 0. The molecule has 3 heterocycles. The predicted octanol–water partition coefficient (Wildman–Crippen LogP) is 13.4. The summed E-state index contributed by atoms with van der Waals surface area (Å²) < 4.78 is 4.63. The Morgan fingerprint density at radius 3 is 1.45 bits per heavy atom. The molecule has 4 nitrogen and oxygen atoms in total. The van der Waals surface area contributed by atoms with Crippen molar-refractivity contribution in [1.82, 2.24) is 14.1 Å². The summed E-state index contributed by atoms with van der Waals surface area (Å²) in [6.07, 6.45) is 1.84. The number of aromatic nitrogens is 3. The van der Waals surface area contributed by atoms with Crippen LogP contribution < -0.4 is 0 Å². The molecule has 0 atom stereocenters. The van der Waals surface area contributed by atoms with E-state index in [1.165, 1.54) is 55.3 Å². The van der Waals surface area contributed by atoms with E-state index >= 15 is 0 Å². The van der Waals surface area contributed by atoms with Gasteiger partial charge < -0.3 is 9.13 Å². The van der Waals surface area contributed by atoms with Gasteiger partial charge in [-0.3, -0.25) is 4.98 Å². The largest absolute Gasteiger partial charge is 0.309 e. The fraction of sp³-hybridized carbons (Fsp3) is 0.0769. The van der Waals surface area contributed by atoms with Crippen molar-refractivity contribution in [1.29, 1.82) is 5.26 Å². The van der Waals surface area contributed by atoms with Crippen LogP contribution in [0.5, 0.6) is 0 Å². The van der Waals surface area contributed by atoms with Crippen molar-refractivity contribution in [3.05, 3.63) is 186 Å². The Kier molecular flexibility index (Phi) is 7.73. The first kappa shape index (κ1) is 33.4. The van der Waals surface area contributed by atoms with Crippen LogP contribution in [-0.2, 0) is 0 Å². The van der Waals surface area contributed by atoms with Crippen LogP contribution in [0.25, 0.3) is 88.5 Å². The molecular weight excluding hydrogens is 681 g/mol. The van der Waals surface area contributed by atoms with Crippen molar-refractivity contribution < 1.29 is 0 Å². The van der Waals surface area contributed by atoms with Crippen LogP contribution in [0.3, 0.4) is 0 Å². The highest BCUT2D eigenvalue weighted by Gasteiger charge is 2.23. The summed E-state index contributed by atoms with van der Waals surface area (Å²) in [5, 5.41) is 15.4. The maximum Gasteiger partial charge on any atom is 0.0999 e. The highest BCUT2D eigenvalue weighted by atomic mass is 15.0. The van der Waals surface area contributed by atoms with Crippen molar-refractivity contribution >= 4 is 43.6 Å². The number of benzene rings is 7. The molecule has 0 spiro atoms. The number of fused-ring (bicyclic) bond motifs is 6. The summed E-state index contributed by atoms with van der Waals surface area (Å²) in [4.78, 5) is 5.13. The Hall–Kier alpha value is -7.22. The molecule has 0 amide bonds. The van der Waals surface area contributed by atoms with Crippen molar-refractivity contribution in [3.8, 4) is 51.0 Å². The third-order valence-corrected chi connectivity index (χ3v) is 11.1. The first-order chi connectivity index (χ1) is 27.4. The van der Waals surface area contributed by atoms with E-state index in [-0.39, 0.29) is 0 Å². The van der Waals surface area contributed by atoms with Gasteiger partial charge in [0, 0.05) is 33.3 Å². The molecular formula is C52H38N4. The van der Waals surface area contributed by atoms with Crippen LogP contribution in [0.2, 0.25) is 0 Å². The van der Waals surface area contributed by atoms with Crippen LogP contribution in [0, 0.1) is 39.0 Å². The molecule has 0 aliphatic carbocycles. The molecule has 0 N–H and O–H groups in total. The van der Waals surface area contributed by atoms with Crippen molar-refractivity contribution in [2.24, 2.45) is 0 Å². The Morgan fingerprint density at radius 2 is 0.911 bits per heavy atom. The molecule has 0 aliphatic heterocycles. The molecule has 0 saturated carbocycles. The second kappa shape index (κ2) is 13.0. The molecule has 4 heteroatoms. The van der Waals surface area contributed by atoms with Gasteiger partial charge in [0.25, 0.3) is 0 Å². The standard InChI is InChI=1S/C52H38N4/c1-32-23-33(2)26-39(25-32)36-18-20-47-43(29-36)41-12-5-7-14-45(41)55(47)49-16-9-11-38(31-53)51(49)52-50(17-10-22-54-52)56-46-15-8-6-13-42(46)44-30-37(19-21-48(44)56)40-27-34(3)24-35(4)28-40/h5-30H,1-4H3. The minimum Gasteiger partial charge on any atom is -0.309 e. The van der Waals surface area contributed by atoms with Gasteiger partial charge >= 0.3 is 0 Å². The number of nitrogens with zero attached hydrogens (tertiary/aromatic N) is 4. The average Bonchev–Trinajstić information content (AvgIpc) is 3.72. The summed E-state index contributed by atoms with van der Waals surface area (Å²) in [7, 11) is 0. The van der Waals surface area contributed by atoms with E-state index in [1.54, 1.807) is 0 Å². The summed E-state index contributed by atoms with van der Waals surface area (Å²) >= 11 is 0. The Labute approximate surface area is 326 Å². The van der Waals surface area contributed by atoms with Crippen LogP contribution in [0.1, 0.15) is 27.8 Å². The van der Waals surface area contributed by atoms with E-state index in [4.69, 9.17) is 4.98 Å². The van der Waals surface area contributed by atoms with Gasteiger partial charge in [-0.2, -0.15) is 5.26 Å². The summed E-state index contributed by atoms with van der Waals surface area (Å²) in [6.45, 7) is 8.61. The number of rotatable bonds is 5. The quantitative estimate of drug-likeness (QED) is 0.178. The molecule has 0 radical (unpaired) electrons. The van der Waals surface area contributed by atoms with E-state index in [0.717, 1.165) is 55.5 Å².